The van der Waals surface area contributed by atoms with Crippen LogP contribution in [0.5, 0.6) is 0 Å². The van der Waals surface area contributed by atoms with Crippen molar-refractivity contribution < 1.29 is 18.8 Å². The average molecular weight is 468 g/mol. The van der Waals surface area contributed by atoms with Crippen LogP contribution in [0.1, 0.15) is 22.7 Å². The highest BCUT2D eigenvalue weighted by molar-refractivity contribution is 9.10. The van der Waals surface area contributed by atoms with Gasteiger partial charge in [-0.25, -0.2) is 4.79 Å². The number of amides is 4. The fraction of sp³-hybridized carbons (Fsp3) is 0.136. The first-order chi connectivity index (χ1) is 14.3. The molecule has 0 bridgehead atoms. The smallest absolute Gasteiger partial charge is 0.331 e. The second-order valence-corrected chi connectivity index (χ2v) is 7.84. The third kappa shape index (κ3) is 3.61. The minimum Gasteiger partial charge on any atom is -0.467 e. The van der Waals surface area contributed by atoms with E-state index in [1.165, 1.54) is 12.3 Å². The van der Waals surface area contributed by atoms with Gasteiger partial charge in [-0.3, -0.25) is 19.8 Å². The molecule has 30 heavy (non-hydrogen) atoms. The van der Waals surface area contributed by atoms with E-state index < -0.39 is 17.8 Å². The van der Waals surface area contributed by atoms with Crippen LogP contribution >= 0.6 is 15.9 Å². The molecule has 8 heteroatoms. The first-order valence-electron chi connectivity index (χ1n) is 9.21. The lowest BCUT2D eigenvalue weighted by molar-refractivity contribution is -0.130. The Morgan fingerprint density at radius 3 is 2.50 bits per heavy atom. The Morgan fingerprint density at radius 2 is 1.83 bits per heavy atom. The van der Waals surface area contributed by atoms with E-state index in [1.807, 2.05) is 48.7 Å². The molecule has 2 aromatic heterocycles. The molecule has 1 aliphatic heterocycles. The Balaban J connectivity index is 1.70. The van der Waals surface area contributed by atoms with Crippen LogP contribution in [0.4, 0.5) is 4.79 Å². The van der Waals surface area contributed by atoms with Crippen molar-refractivity contribution in [1.29, 1.82) is 0 Å². The zero-order valence-corrected chi connectivity index (χ0v) is 17.9. The van der Waals surface area contributed by atoms with Crippen molar-refractivity contribution >= 4 is 39.9 Å². The fourth-order valence-electron chi connectivity index (χ4n) is 3.47. The number of urea groups is 1. The summed E-state index contributed by atoms with van der Waals surface area (Å²) in [5.41, 5.74) is 3.41. The number of nitrogens with zero attached hydrogens (tertiary/aromatic N) is 2. The number of barbiturate groups is 1. The van der Waals surface area contributed by atoms with Crippen molar-refractivity contribution in [2.24, 2.45) is 0 Å². The summed E-state index contributed by atoms with van der Waals surface area (Å²) in [5.74, 6) is -0.927. The van der Waals surface area contributed by atoms with E-state index in [0.29, 0.717) is 5.76 Å². The number of nitrogens with one attached hydrogen (secondary N) is 1. The Bertz CT molecular complexity index is 1170. The van der Waals surface area contributed by atoms with Gasteiger partial charge in [0.2, 0.25) is 0 Å². The zero-order valence-electron chi connectivity index (χ0n) is 16.3. The van der Waals surface area contributed by atoms with Crippen LogP contribution in [0.25, 0.3) is 11.8 Å². The van der Waals surface area contributed by atoms with Gasteiger partial charge in [0.05, 0.1) is 12.8 Å². The number of hydrogen-bond acceptors (Lipinski definition) is 4. The maximum Gasteiger partial charge on any atom is 0.331 e. The monoisotopic (exact) mass is 467 g/mol. The van der Waals surface area contributed by atoms with Gasteiger partial charge in [0, 0.05) is 21.5 Å². The van der Waals surface area contributed by atoms with Gasteiger partial charge in [0.15, 0.2) is 0 Å². The molecule has 0 saturated carbocycles. The van der Waals surface area contributed by atoms with Crippen LogP contribution in [-0.2, 0) is 16.1 Å². The number of aromatic nitrogens is 1. The van der Waals surface area contributed by atoms with Gasteiger partial charge in [-0.05, 0) is 68.0 Å². The largest absolute Gasteiger partial charge is 0.467 e. The standard InChI is InChI=1S/C22H18BrN3O4/c1-13-10-15(14(2)26(13)17-7-5-16(23)6-8-17)11-19-20(27)24-22(29)25(21(19)28)12-18-4-3-9-30-18/h3-11H,12H2,1-2H3,(H,24,27,29)/b19-11+. The molecule has 1 fully saturated rings. The number of imide groups is 2. The Morgan fingerprint density at radius 1 is 1.10 bits per heavy atom. The van der Waals surface area contributed by atoms with E-state index in [9.17, 15) is 14.4 Å². The van der Waals surface area contributed by atoms with E-state index >= 15 is 0 Å². The first-order valence-corrected chi connectivity index (χ1v) is 10.0. The second-order valence-electron chi connectivity index (χ2n) is 6.93. The maximum absolute atomic E-state index is 12.9. The SMILES string of the molecule is Cc1cc(/C=C2\C(=O)NC(=O)N(Cc3ccco3)C2=O)c(C)n1-c1ccc(Br)cc1. The lowest BCUT2D eigenvalue weighted by Gasteiger charge is -2.25. The van der Waals surface area contributed by atoms with Crippen molar-refractivity contribution in [1.82, 2.24) is 14.8 Å². The fourth-order valence-corrected chi connectivity index (χ4v) is 3.74. The predicted octanol–water partition coefficient (Wildman–Crippen LogP) is 4.11. The van der Waals surface area contributed by atoms with Gasteiger partial charge in [-0.2, -0.15) is 0 Å². The average Bonchev–Trinajstić information content (AvgIpc) is 3.31. The summed E-state index contributed by atoms with van der Waals surface area (Å²) in [6, 6.07) is 12.3. The van der Waals surface area contributed by atoms with Gasteiger partial charge >= 0.3 is 6.03 Å². The number of benzene rings is 1. The third-order valence-electron chi connectivity index (χ3n) is 4.93. The topological polar surface area (TPSA) is 84.6 Å². The first kappa shape index (κ1) is 19.9. The van der Waals surface area contributed by atoms with E-state index in [2.05, 4.69) is 21.2 Å². The maximum atomic E-state index is 12.9. The molecular formula is C22H18BrN3O4. The molecular weight excluding hydrogens is 450 g/mol. The molecule has 1 aliphatic rings. The summed E-state index contributed by atoms with van der Waals surface area (Å²) in [6.45, 7) is 3.81. The summed E-state index contributed by atoms with van der Waals surface area (Å²) in [5, 5.41) is 2.23. The molecule has 1 aromatic carbocycles. The van der Waals surface area contributed by atoms with Gasteiger partial charge in [0.1, 0.15) is 11.3 Å². The van der Waals surface area contributed by atoms with Gasteiger partial charge in [-0.15, -0.1) is 0 Å². The number of rotatable bonds is 4. The molecule has 1 N–H and O–H groups in total. The molecule has 0 aliphatic carbocycles. The number of hydrogen-bond donors (Lipinski definition) is 1. The van der Waals surface area contributed by atoms with Crippen molar-refractivity contribution in [2.45, 2.75) is 20.4 Å². The highest BCUT2D eigenvalue weighted by Gasteiger charge is 2.36. The highest BCUT2D eigenvalue weighted by Crippen LogP contribution is 2.25. The molecule has 4 amide bonds. The molecule has 0 atom stereocenters. The van der Waals surface area contributed by atoms with Crippen LogP contribution in [0, 0.1) is 13.8 Å². The van der Waals surface area contributed by atoms with Gasteiger partial charge < -0.3 is 8.98 Å². The Labute approximate surface area is 181 Å². The molecule has 1 saturated heterocycles. The van der Waals surface area contributed by atoms with E-state index in [4.69, 9.17) is 4.42 Å². The molecule has 4 rings (SSSR count). The third-order valence-corrected chi connectivity index (χ3v) is 5.46. The van der Waals surface area contributed by atoms with Crippen LogP contribution < -0.4 is 5.32 Å². The molecule has 0 spiro atoms. The quantitative estimate of drug-likeness (QED) is 0.462. The molecule has 3 aromatic rings. The van der Waals surface area contributed by atoms with E-state index in [-0.39, 0.29) is 12.1 Å². The van der Waals surface area contributed by atoms with E-state index in [1.54, 1.807) is 12.1 Å². The van der Waals surface area contributed by atoms with Crippen molar-refractivity contribution in [2.75, 3.05) is 0 Å². The molecule has 7 nitrogen and oxygen atoms in total. The van der Waals surface area contributed by atoms with Crippen molar-refractivity contribution in [3.8, 4) is 5.69 Å². The molecule has 152 valence electrons. The van der Waals surface area contributed by atoms with Gasteiger partial charge in [0.25, 0.3) is 11.8 Å². The second kappa shape index (κ2) is 7.79. The number of aryl methyl sites for hydroxylation is 1. The van der Waals surface area contributed by atoms with Crippen LogP contribution in [0.15, 0.2) is 63.2 Å². The Hall–Kier alpha value is -3.39. The number of furan rings is 1. The summed E-state index contributed by atoms with van der Waals surface area (Å²) < 4.78 is 8.24. The predicted molar refractivity (Wildman–Crippen MR) is 114 cm³/mol. The molecule has 0 radical (unpaired) electrons. The van der Waals surface area contributed by atoms with Crippen molar-refractivity contribution in [3.63, 3.8) is 0 Å². The lowest BCUT2D eigenvalue weighted by Crippen LogP contribution is -2.53. The van der Waals surface area contributed by atoms with Crippen molar-refractivity contribution in [3.05, 3.63) is 81.5 Å². The van der Waals surface area contributed by atoms with Crippen LogP contribution in [0.2, 0.25) is 0 Å². The van der Waals surface area contributed by atoms with Crippen LogP contribution in [0.3, 0.4) is 0 Å². The van der Waals surface area contributed by atoms with Crippen LogP contribution in [-0.4, -0.2) is 27.3 Å². The number of carbonyl (C=O) groups excluding carboxylic acids is 3. The summed E-state index contributed by atoms with van der Waals surface area (Å²) in [4.78, 5) is 38.4. The summed E-state index contributed by atoms with van der Waals surface area (Å²) >= 11 is 3.43. The molecule has 0 unspecified atom stereocenters. The minimum atomic E-state index is -0.765. The minimum absolute atomic E-state index is 0.0554. The summed E-state index contributed by atoms with van der Waals surface area (Å²) in [7, 11) is 0. The lowest BCUT2D eigenvalue weighted by atomic mass is 10.1. The number of halogens is 1. The Kier molecular flexibility index (Phi) is 5.17. The number of carbonyl (C=O) groups is 3. The molecule has 3 heterocycles. The summed E-state index contributed by atoms with van der Waals surface area (Å²) in [6.07, 6.45) is 2.98. The normalized spacial score (nSPS) is 15.8. The zero-order chi connectivity index (χ0) is 21.4. The highest BCUT2D eigenvalue weighted by atomic mass is 79.9. The van der Waals surface area contributed by atoms with E-state index in [0.717, 1.165) is 32.0 Å². The van der Waals surface area contributed by atoms with Gasteiger partial charge in [-0.1, -0.05) is 15.9 Å².